The van der Waals surface area contributed by atoms with Gasteiger partial charge in [-0.05, 0) is 66.1 Å². The molecule has 1 saturated heterocycles. The molecule has 2 atom stereocenters. The molecule has 3 aromatic carbocycles. The van der Waals surface area contributed by atoms with Gasteiger partial charge in [-0.2, -0.15) is 13.2 Å². The maximum absolute atomic E-state index is 12.9. The zero-order valence-electron chi connectivity index (χ0n) is 20.8. The molecule has 10 heteroatoms. The van der Waals surface area contributed by atoms with Crippen molar-refractivity contribution in [2.75, 3.05) is 23.8 Å². The summed E-state index contributed by atoms with van der Waals surface area (Å²) in [6.07, 6.45) is -3.78. The Balaban J connectivity index is 1.38. The number of sulfone groups is 1. The molecule has 2 N–H and O–H groups in total. The van der Waals surface area contributed by atoms with Crippen LogP contribution in [-0.4, -0.2) is 44.4 Å². The maximum Gasteiger partial charge on any atom is 0.416 e. The summed E-state index contributed by atoms with van der Waals surface area (Å²) >= 11 is 0. The fourth-order valence-electron chi connectivity index (χ4n) is 4.66. The minimum Gasteiger partial charge on any atom is -0.394 e. The van der Waals surface area contributed by atoms with Crippen LogP contribution in [0.4, 0.5) is 18.9 Å². The highest BCUT2D eigenvalue weighted by atomic mass is 32.2. The molecule has 0 spiro atoms. The Morgan fingerprint density at radius 2 is 1.63 bits per heavy atom. The third kappa shape index (κ3) is 6.19. The van der Waals surface area contributed by atoms with Crippen LogP contribution < -0.4 is 10.2 Å². The first-order valence-corrected chi connectivity index (χ1v) is 13.9. The summed E-state index contributed by atoms with van der Waals surface area (Å²) in [4.78, 5) is 14.9. The average molecular weight is 547 g/mol. The number of benzene rings is 3. The second kappa shape index (κ2) is 11.2. The molecule has 1 heterocycles. The smallest absolute Gasteiger partial charge is 0.394 e. The molecule has 1 aliphatic rings. The van der Waals surface area contributed by atoms with E-state index < -0.39 is 21.6 Å². The second-order valence-electron chi connectivity index (χ2n) is 9.32. The molecule has 3 aromatic rings. The highest BCUT2D eigenvalue weighted by molar-refractivity contribution is 7.91. The molecule has 4 rings (SSSR count). The Hall–Kier alpha value is -3.37. The van der Waals surface area contributed by atoms with E-state index in [9.17, 15) is 31.5 Å². The van der Waals surface area contributed by atoms with Crippen LogP contribution in [0.15, 0.2) is 77.7 Å². The molecule has 1 aliphatic heterocycles. The van der Waals surface area contributed by atoms with Gasteiger partial charge in [0.2, 0.25) is 0 Å². The van der Waals surface area contributed by atoms with Crippen LogP contribution in [0.2, 0.25) is 0 Å². The minimum absolute atomic E-state index is 0.0191. The lowest BCUT2D eigenvalue weighted by Crippen LogP contribution is -2.32. The van der Waals surface area contributed by atoms with Crippen LogP contribution in [0.25, 0.3) is 0 Å². The molecule has 1 amide bonds. The van der Waals surface area contributed by atoms with E-state index in [2.05, 4.69) is 5.32 Å². The van der Waals surface area contributed by atoms with Crippen LogP contribution in [-0.2, 0) is 22.6 Å². The number of anilines is 1. The summed E-state index contributed by atoms with van der Waals surface area (Å²) < 4.78 is 62.6. The predicted octanol–water partition coefficient (Wildman–Crippen LogP) is 4.78. The number of carbonyl (C=O) groups excluding carboxylic acids is 1. The van der Waals surface area contributed by atoms with E-state index in [0.29, 0.717) is 18.5 Å². The van der Waals surface area contributed by atoms with Crippen LogP contribution in [0.1, 0.15) is 46.3 Å². The monoisotopic (exact) mass is 546 g/mol. The first kappa shape index (κ1) is 27.7. The lowest BCUT2D eigenvalue weighted by molar-refractivity contribution is -0.137. The molecule has 1 unspecified atom stereocenters. The van der Waals surface area contributed by atoms with E-state index in [1.165, 1.54) is 24.3 Å². The van der Waals surface area contributed by atoms with Crippen molar-refractivity contribution in [3.05, 3.63) is 95.1 Å². The Bertz CT molecular complexity index is 1360. The van der Waals surface area contributed by atoms with Crippen LogP contribution >= 0.6 is 0 Å². The van der Waals surface area contributed by atoms with Gasteiger partial charge in [-0.15, -0.1) is 0 Å². The minimum atomic E-state index is -4.38. The number of alkyl halides is 3. The van der Waals surface area contributed by atoms with E-state index >= 15 is 0 Å². The lowest BCUT2D eigenvalue weighted by Gasteiger charge is -2.25. The Kier molecular flexibility index (Phi) is 8.13. The van der Waals surface area contributed by atoms with Crippen LogP contribution in [0.3, 0.4) is 0 Å². The predicted molar refractivity (Wildman–Crippen MR) is 139 cm³/mol. The van der Waals surface area contributed by atoms with Gasteiger partial charge in [-0.3, -0.25) is 4.79 Å². The molecule has 6 nitrogen and oxygen atoms in total. The number of amides is 1. The third-order valence-corrected chi connectivity index (χ3v) is 8.66. The lowest BCUT2D eigenvalue weighted by atomic mass is 9.95. The summed E-state index contributed by atoms with van der Waals surface area (Å²) in [7, 11) is -3.28. The number of nitrogens with zero attached hydrogens (tertiary/aromatic N) is 1. The molecule has 1 fully saturated rings. The number of hydrogen-bond donors (Lipinski definition) is 2. The van der Waals surface area contributed by atoms with E-state index in [1.54, 1.807) is 43.3 Å². The average Bonchev–Trinajstić information content (AvgIpc) is 3.36. The van der Waals surface area contributed by atoms with Crippen molar-refractivity contribution in [1.29, 1.82) is 0 Å². The van der Waals surface area contributed by atoms with Crippen LogP contribution in [0, 0.1) is 0 Å². The summed E-state index contributed by atoms with van der Waals surface area (Å²) in [6, 6.07) is 18.3. The number of nitrogens with one attached hydrogen (secondary N) is 1. The molecular weight excluding hydrogens is 517 g/mol. The Labute approximate surface area is 220 Å². The van der Waals surface area contributed by atoms with Gasteiger partial charge in [0, 0.05) is 30.3 Å². The summed E-state index contributed by atoms with van der Waals surface area (Å²) in [5, 5.41) is 12.7. The number of hydrogen-bond acceptors (Lipinski definition) is 5. The largest absolute Gasteiger partial charge is 0.416 e. The van der Waals surface area contributed by atoms with E-state index in [1.807, 2.05) is 4.90 Å². The van der Waals surface area contributed by atoms with E-state index in [0.717, 1.165) is 28.9 Å². The zero-order chi connectivity index (χ0) is 27.5. The van der Waals surface area contributed by atoms with Gasteiger partial charge in [-0.25, -0.2) is 8.42 Å². The van der Waals surface area contributed by atoms with Crippen LogP contribution in [0.5, 0.6) is 0 Å². The van der Waals surface area contributed by atoms with Crippen molar-refractivity contribution < 1.29 is 31.5 Å². The highest BCUT2D eigenvalue weighted by Crippen LogP contribution is 2.37. The molecule has 0 aliphatic carbocycles. The van der Waals surface area contributed by atoms with Gasteiger partial charge >= 0.3 is 6.18 Å². The van der Waals surface area contributed by atoms with Crippen molar-refractivity contribution in [2.24, 2.45) is 0 Å². The Morgan fingerprint density at radius 1 is 1.00 bits per heavy atom. The number of carbonyl (C=O) groups is 1. The molecule has 0 saturated carbocycles. The van der Waals surface area contributed by atoms with Gasteiger partial charge in [-0.1, -0.05) is 31.2 Å². The topological polar surface area (TPSA) is 86.7 Å². The van der Waals surface area contributed by atoms with Crippen molar-refractivity contribution in [1.82, 2.24) is 5.32 Å². The van der Waals surface area contributed by atoms with Crippen molar-refractivity contribution >= 4 is 21.4 Å². The third-order valence-electron chi connectivity index (χ3n) is 6.91. The highest BCUT2D eigenvalue weighted by Gasteiger charge is 2.34. The Morgan fingerprint density at radius 3 is 2.18 bits per heavy atom. The SMILES string of the molecule is CCS(=O)(=O)c1ccc(CNC(=O)c2ccc(N3CC(c4ccc(C(F)(F)F)cc4)C[C@H]3CO)cc2)cc1. The first-order chi connectivity index (χ1) is 18.0. The first-order valence-electron chi connectivity index (χ1n) is 12.3. The number of aliphatic hydroxyl groups is 1. The molecular formula is C28H29F3N2O4S. The zero-order valence-corrected chi connectivity index (χ0v) is 21.6. The number of aliphatic hydroxyl groups excluding tert-OH is 1. The summed E-state index contributed by atoms with van der Waals surface area (Å²) in [5.41, 5.74) is 2.11. The standard InChI is InChI=1S/C28H29F3N2O4S/c1-2-38(36,37)26-13-3-19(4-14-26)16-32-27(35)21-7-11-24(12-8-21)33-17-22(15-25(33)18-34)20-5-9-23(10-6-20)28(29,30)31/h3-14,22,25,34H,2,15-18H2,1H3,(H,32,35)/t22?,25-/m0/s1. The normalized spacial score (nSPS) is 18.0. The van der Waals surface area contributed by atoms with Gasteiger partial charge in [0.05, 0.1) is 28.9 Å². The van der Waals surface area contributed by atoms with E-state index in [4.69, 9.17) is 0 Å². The molecule has 0 radical (unpaired) electrons. The molecule has 0 bridgehead atoms. The fraction of sp³-hybridized carbons (Fsp3) is 0.321. The van der Waals surface area contributed by atoms with Gasteiger partial charge in [0.1, 0.15) is 0 Å². The van der Waals surface area contributed by atoms with Crippen molar-refractivity contribution in [3.8, 4) is 0 Å². The second-order valence-corrected chi connectivity index (χ2v) is 11.6. The van der Waals surface area contributed by atoms with Crippen molar-refractivity contribution in [2.45, 2.75) is 42.9 Å². The fourth-order valence-corrected chi connectivity index (χ4v) is 5.55. The quantitative estimate of drug-likeness (QED) is 0.425. The molecule has 38 heavy (non-hydrogen) atoms. The summed E-state index contributed by atoms with van der Waals surface area (Å²) in [6.45, 7) is 2.25. The van der Waals surface area contributed by atoms with Gasteiger partial charge in [0.15, 0.2) is 9.84 Å². The van der Waals surface area contributed by atoms with Gasteiger partial charge < -0.3 is 15.3 Å². The van der Waals surface area contributed by atoms with Gasteiger partial charge in [0.25, 0.3) is 5.91 Å². The molecule has 0 aromatic heterocycles. The van der Waals surface area contributed by atoms with E-state index in [-0.39, 0.29) is 41.7 Å². The number of rotatable bonds is 8. The number of halogens is 3. The summed E-state index contributed by atoms with van der Waals surface area (Å²) in [5.74, 6) is -0.300. The van der Waals surface area contributed by atoms with Crippen molar-refractivity contribution in [3.63, 3.8) is 0 Å². The maximum atomic E-state index is 12.9. The molecule has 202 valence electrons.